The summed E-state index contributed by atoms with van der Waals surface area (Å²) in [5.41, 5.74) is 3.02. The molecule has 0 aromatic heterocycles. The summed E-state index contributed by atoms with van der Waals surface area (Å²) in [6, 6.07) is 0. The van der Waals surface area contributed by atoms with Crippen molar-refractivity contribution >= 4 is 11.8 Å². The number of hydrogen-bond acceptors (Lipinski definition) is 4. The van der Waals surface area contributed by atoms with Crippen molar-refractivity contribution in [3.05, 3.63) is 0 Å². The monoisotopic (exact) mass is 214 g/mol. The third-order valence-corrected chi connectivity index (χ3v) is 1.94. The maximum absolute atomic E-state index is 11.3. The highest BCUT2D eigenvalue weighted by Gasteiger charge is 2.30. The van der Waals surface area contributed by atoms with E-state index in [1.54, 1.807) is 27.7 Å². The van der Waals surface area contributed by atoms with Crippen LogP contribution in [0.2, 0.25) is 0 Å². The van der Waals surface area contributed by atoms with Gasteiger partial charge >= 0.3 is 0 Å². The number of amides is 2. The van der Waals surface area contributed by atoms with E-state index in [2.05, 4.69) is 15.5 Å². The molecule has 0 fully saturated rings. The Morgan fingerprint density at radius 2 is 1.47 bits per heavy atom. The third kappa shape index (κ3) is 3.65. The Morgan fingerprint density at radius 3 is 1.80 bits per heavy atom. The van der Waals surface area contributed by atoms with Crippen molar-refractivity contribution < 1.29 is 9.59 Å². The molecule has 0 rings (SSSR count). The smallest absolute Gasteiger partial charge is 0.249 e. The Hall–Kier alpha value is -1.46. The van der Waals surface area contributed by atoms with Crippen molar-refractivity contribution in [1.29, 1.82) is 0 Å². The first-order valence-electron chi connectivity index (χ1n) is 4.59. The first-order chi connectivity index (χ1) is 6.63. The van der Waals surface area contributed by atoms with E-state index >= 15 is 0 Å². The van der Waals surface area contributed by atoms with E-state index in [4.69, 9.17) is 5.73 Å². The molecule has 0 radical (unpaired) electrons. The average Bonchev–Trinajstić information content (AvgIpc) is 2.13. The van der Waals surface area contributed by atoms with Gasteiger partial charge in [-0.1, -0.05) is 0 Å². The minimum atomic E-state index is -1.09. The summed E-state index contributed by atoms with van der Waals surface area (Å²) < 4.78 is 0. The fourth-order valence-corrected chi connectivity index (χ4v) is 0.651. The van der Waals surface area contributed by atoms with Crippen LogP contribution in [0.15, 0.2) is 10.2 Å². The molecule has 0 unspecified atom stereocenters. The standard InChI is InChI=1S/C9H18N4O2/c1-8(2,6(10)14)12-13-9(3,4)7(15)11-5/h1-5H3,(H2,10,14)(H,11,15). The van der Waals surface area contributed by atoms with Crippen molar-refractivity contribution in [2.24, 2.45) is 16.0 Å². The topological polar surface area (TPSA) is 96.9 Å². The summed E-state index contributed by atoms with van der Waals surface area (Å²) >= 11 is 0. The Bertz CT molecular complexity index is 294. The maximum atomic E-state index is 11.3. The molecule has 0 heterocycles. The predicted molar refractivity (Wildman–Crippen MR) is 56.3 cm³/mol. The van der Waals surface area contributed by atoms with Gasteiger partial charge in [0.05, 0.1) is 0 Å². The molecule has 0 aliphatic carbocycles. The van der Waals surface area contributed by atoms with Gasteiger partial charge in [-0.2, -0.15) is 10.2 Å². The summed E-state index contributed by atoms with van der Waals surface area (Å²) in [7, 11) is 1.51. The number of carbonyl (C=O) groups is 2. The van der Waals surface area contributed by atoms with Gasteiger partial charge in [0.1, 0.15) is 0 Å². The van der Waals surface area contributed by atoms with Crippen molar-refractivity contribution in [2.75, 3.05) is 7.05 Å². The molecule has 0 bridgehead atoms. The first kappa shape index (κ1) is 13.5. The maximum Gasteiger partial charge on any atom is 0.249 e. The quantitative estimate of drug-likeness (QED) is 0.655. The van der Waals surface area contributed by atoms with Gasteiger partial charge in [0.25, 0.3) is 0 Å². The van der Waals surface area contributed by atoms with E-state index in [1.807, 2.05) is 0 Å². The van der Waals surface area contributed by atoms with Crippen LogP contribution < -0.4 is 11.1 Å². The van der Waals surface area contributed by atoms with Gasteiger partial charge in [0.15, 0.2) is 11.1 Å². The average molecular weight is 214 g/mol. The lowest BCUT2D eigenvalue weighted by atomic mass is 10.1. The molecule has 0 spiro atoms. The van der Waals surface area contributed by atoms with Crippen molar-refractivity contribution in [2.45, 2.75) is 38.8 Å². The SMILES string of the molecule is CNC(=O)C(C)(C)N=NC(C)(C)C(N)=O. The van der Waals surface area contributed by atoms with Crippen LogP contribution >= 0.6 is 0 Å². The predicted octanol–water partition coefficient (Wildman–Crippen LogP) is 0.227. The second-order valence-electron chi connectivity index (χ2n) is 4.26. The summed E-state index contributed by atoms with van der Waals surface area (Å²) in [5.74, 6) is -0.856. The minimum absolute atomic E-state index is 0.272. The van der Waals surface area contributed by atoms with E-state index < -0.39 is 17.0 Å². The lowest BCUT2D eigenvalue weighted by molar-refractivity contribution is -0.125. The van der Waals surface area contributed by atoms with E-state index in [0.717, 1.165) is 0 Å². The fraction of sp³-hybridized carbons (Fsp3) is 0.778. The molecule has 0 saturated carbocycles. The lowest BCUT2D eigenvalue weighted by Gasteiger charge is -2.19. The fourth-order valence-electron chi connectivity index (χ4n) is 0.651. The number of rotatable bonds is 4. The van der Waals surface area contributed by atoms with Crippen LogP contribution in [0.5, 0.6) is 0 Å². The second-order valence-corrected chi connectivity index (χ2v) is 4.26. The minimum Gasteiger partial charge on any atom is -0.368 e. The Labute approximate surface area is 89.3 Å². The zero-order valence-corrected chi connectivity index (χ0v) is 9.79. The van der Waals surface area contributed by atoms with E-state index in [1.165, 1.54) is 7.05 Å². The number of carbonyl (C=O) groups excluding carboxylic acids is 2. The van der Waals surface area contributed by atoms with Crippen molar-refractivity contribution in [3.8, 4) is 0 Å². The number of nitrogens with two attached hydrogens (primary N) is 1. The van der Waals surface area contributed by atoms with Crippen molar-refractivity contribution in [3.63, 3.8) is 0 Å². The van der Waals surface area contributed by atoms with Crippen LogP contribution in [0, 0.1) is 0 Å². The van der Waals surface area contributed by atoms with Gasteiger partial charge in [0.2, 0.25) is 11.8 Å². The zero-order valence-electron chi connectivity index (χ0n) is 9.79. The van der Waals surface area contributed by atoms with Gasteiger partial charge < -0.3 is 11.1 Å². The molecule has 86 valence electrons. The first-order valence-corrected chi connectivity index (χ1v) is 4.59. The molecule has 6 nitrogen and oxygen atoms in total. The highest BCUT2D eigenvalue weighted by molar-refractivity contribution is 5.85. The lowest BCUT2D eigenvalue weighted by Crippen LogP contribution is -2.40. The number of hydrogen-bond donors (Lipinski definition) is 2. The van der Waals surface area contributed by atoms with Gasteiger partial charge in [-0.05, 0) is 27.7 Å². The number of nitrogens with zero attached hydrogens (tertiary/aromatic N) is 2. The zero-order chi connectivity index (χ0) is 12.3. The van der Waals surface area contributed by atoms with Crippen LogP contribution in [0.4, 0.5) is 0 Å². The van der Waals surface area contributed by atoms with Crippen LogP contribution in [0.25, 0.3) is 0 Å². The van der Waals surface area contributed by atoms with Gasteiger partial charge in [0, 0.05) is 7.05 Å². The number of primary amides is 1. The Kier molecular flexibility index (Phi) is 3.95. The molecule has 6 heteroatoms. The van der Waals surface area contributed by atoms with Gasteiger partial charge in [-0.3, -0.25) is 9.59 Å². The van der Waals surface area contributed by atoms with Crippen LogP contribution in [-0.4, -0.2) is 29.9 Å². The highest BCUT2D eigenvalue weighted by Crippen LogP contribution is 2.15. The van der Waals surface area contributed by atoms with Crippen LogP contribution in [-0.2, 0) is 9.59 Å². The molecule has 0 aliphatic heterocycles. The molecule has 0 aromatic rings. The molecule has 0 atom stereocenters. The molecular weight excluding hydrogens is 196 g/mol. The van der Waals surface area contributed by atoms with Crippen LogP contribution in [0.3, 0.4) is 0 Å². The molecular formula is C9H18N4O2. The molecule has 2 amide bonds. The van der Waals surface area contributed by atoms with E-state index in [-0.39, 0.29) is 5.91 Å². The summed E-state index contributed by atoms with van der Waals surface area (Å²) in [6.45, 7) is 6.29. The normalized spacial score (nSPS) is 12.9. The molecule has 0 saturated heterocycles. The second kappa shape index (κ2) is 4.37. The summed E-state index contributed by atoms with van der Waals surface area (Å²) in [4.78, 5) is 22.3. The number of nitrogens with one attached hydrogen (secondary N) is 1. The van der Waals surface area contributed by atoms with Crippen LogP contribution in [0.1, 0.15) is 27.7 Å². The Morgan fingerprint density at radius 1 is 1.07 bits per heavy atom. The summed E-state index contributed by atoms with van der Waals surface area (Å²) in [6.07, 6.45) is 0. The van der Waals surface area contributed by atoms with Crippen molar-refractivity contribution in [1.82, 2.24) is 5.32 Å². The molecule has 3 N–H and O–H groups in total. The highest BCUT2D eigenvalue weighted by atomic mass is 16.2. The van der Waals surface area contributed by atoms with Gasteiger partial charge in [-0.25, -0.2) is 0 Å². The third-order valence-electron chi connectivity index (χ3n) is 1.94. The molecule has 15 heavy (non-hydrogen) atoms. The molecule has 0 aromatic carbocycles. The summed E-state index contributed by atoms with van der Waals surface area (Å²) in [5, 5.41) is 10.1. The largest absolute Gasteiger partial charge is 0.368 e. The van der Waals surface area contributed by atoms with E-state index in [0.29, 0.717) is 0 Å². The Balaban J connectivity index is 4.80. The van der Waals surface area contributed by atoms with Gasteiger partial charge in [-0.15, -0.1) is 0 Å². The van der Waals surface area contributed by atoms with E-state index in [9.17, 15) is 9.59 Å². The number of likely N-dealkylation sites (N-methyl/N-ethyl adjacent to an activating group) is 1. The molecule has 0 aliphatic rings. The number of azo groups is 1.